The van der Waals surface area contributed by atoms with E-state index >= 15 is 0 Å². The zero-order valence-corrected chi connectivity index (χ0v) is 15.8. The predicted molar refractivity (Wildman–Crippen MR) is 94.3 cm³/mol. The molecule has 2 aromatic carbocycles. The molecule has 0 aliphatic rings. The lowest BCUT2D eigenvalue weighted by Crippen LogP contribution is -2.16. The maximum atomic E-state index is 12.9. The minimum Gasteiger partial charge on any atom is -0.495 e. The molecule has 9 heteroatoms. The van der Waals surface area contributed by atoms with Crippen molar-refractivity contribution in [3.8, 4) is 5.75 Å². The Kier molecular flexibility index (Phi) is 5.77. The number of benzene rings is 2. The SMILES string of the molecule is COc1ccc(C(C)C)cc1S(=O)(=O)Nc1cc(C(F)(F)F)ccc1Cl. The van der Waals surface area contributed by atoms with Gasteiger partial charge in [0.05, 0.1) is 23.4 Å². The molecule has 1 N–H and O–H groups in total. The van der Waals surface area contributed by atoms with Crippen LogP contribution in [0.1, 0.15) is 30.9 Å². The summed E-state index contributed by atoms with van der Waals surface area (Å²) in [6.07, 6.45) is -4.62. The largest absolute Gasteiger partial charge is 0.495 e. The molecule has 0 bridgehead atoms. The number of nitrogens with one attached hydrogen (secondary N) is 1. The zero-order valence-electron chi connectivity index (χ0n) is 14.2. The van der Waals surface area contributed by atoms with Crippen molar-refractivity contribution < 1.29 is 26.3 Å². The Bertz CT molecular complexity index is 912. The van der Waals surface area contributed by atoms with E-state index in [0.717, 1.165) is 17.7 Å². The Morgan fingerprint density at radius 2 is 1.77 bits per heavy atom. The summed E-state index contributed by atoms with van der Waals surface area (Å²) < 4.78 is 71.3. The highest BCUT2D eigenvalue weighted by Crippen LogP contribution is 2.36. The first-order valence-corrected chi connectivity index (χ1v) is 9.39. The molecule has 0 saturated carbocycles. The number of ether oxygens (including phenoxy) is 1. The van der Waals surface area contributed by atoms with E-state index in [1.165, 1.54) is 19.2 Å². The monoisotopic (exact) mass is 407 g/mol. The van der Waals surface area contributed by atoms with Crippen LogP contribution >= 0.6 is 11.6 Å². The van der Waals surface area contributed by atoms with E-state index in [2.05, 4.69) is 4.72 Å². The maximum Gasteiger partial charge on any atom is 0.416 e. The average Bonchev–Trinajstić information content (AvgIpc) is 2.55. The Labute approximate surface area is 155 Å². The van der Waals surface area contributed by atoms with Gasteiger partial charge in [0.1, 0.15) is 10.6 Å². The molecular weight excluding hydrogens is 391 g/mol. The second kappa shape index (κ2) is 7.36. The normalized spacial score (nSPS) is 12.3. The lowest BCUT2D eigenvalue weighted by atomic mass is 10.0. The first-order valence-electron chi connectivity index (χ1n) is 7.53. The van der Waals surface area contributed by atoms with Crippen LogP contribution in [0.5, 0.6) is 5.75 Å². The van der Waals surface area contributed by atoms with Crippen molar-refractivity contribution in [2.45, 2.75) is 30.8 Å². The summed E-state index contributed by atoms with van der Waals surface area (Å²) in [5.41, 5.74) is -0.637. The molecule has 0 heterocycles. The molecule has 2 aromatic rings. The third kappa shape index (κ3) is 4.42. The molecule has 0 fully saturated rings. The number of methoxy groups -OCH3 is 1. The summed E-state index contributed by atoms with van der Waals surface area (Å²) in [6, 6.07) is 7.06. The van der Waals surface area contributed by atoms with Gasteiger partial charge in [0.15, 0.2) is 0 Å². The van der Waals surface area contributed by atoms with Gasteiger partial charge >= 0.3 is 6.18 Å². The van der Waals surface area contributed by atoms with Crippen molar-refractivity contribution in [3.63, 3.8) is 0 Å². The van der Waals surface area contributed by atoms with Crippen LogP contribution in [0.3, 0.4) is 0 Å². The standard InChI is InChI=1S/C17H17ClF3NO3S/c1-10(2)11-4-7-15(25-3)16(8-11)26(23,24)22-14-9-12(17(19,20)21)5-6-13(14)18/h4-10,22H,1-3H3. The van der Waals surface area contributed by atoms with Crippen LogP contribution in [-0.4, -0.2) is 15.5 Å². The van der Waals surface area contributed by atoms with Crippen LogP contribution in [0, 0.1) is 0 Å². The van der Waals surface area contributed by atoms with Crippen LogP contribution < -0.4 is 9.46 Å². The molecule has 0 aliphatic carbocycles. The summed E-state index contributed by atoms with van der Waals surface area (Å²) in [5.74, 6) is 0.122. The molecule has 0 unspecified atom stereocenters. The molecule has 0 spiro atoms. The van der Waals surface area contributed by atoms with Crippen molar-refractivity contribution in [1.29, 1.82) is 0 Å². The van der Waals surface area contributed by atoms with Crippen molar-refractivity contribution in [2.24, 2.45) is 0 Å². The molecule has 2 rings (SSSR count). The van der Waals surface area contributed by atoms with E-state index in [9.17, 15) is 21.6 Å². The topological polar surface area (TPSA) is 55.4 Å². The van der Waals surface area contributed by atoms with Crippen LogP contribution in [0.15, 0.2) is 41.3 Å². The van der Waals surface area contributed by atoms with Crippen LogP contribution in [0.25, 0.3) is 0 Å². The molecule has 0 aromatic heterocycles. The summed E-state index contributed by atoms with van der Waals surface area (Å²) in [5, 5.41) is -0.152. The molecule has 4 nitrogen and oxygen atoms in total. The minimum atomic E-state index is -4.62. The highest BCUT2D eigenvalue weighted by Gasteiger charge is 2.31. The van der Waals surface area contributed by atoms with Gasteiger partial charge in [-0.25, -0.2) is 8.42 Å². The number of hydrogen-bond acceptors (Lipinski definition) is 3. The van der Waals surface area contributed by atoms with Gasteiger partial charge in [0, 0.05) is 0 Å². The number of anilines is 1. The lowest BCUT2D eigenvalue weighted by Gasteiger charge is -2.16. The second-order valence-corrected chi connectivity index (χ2v) is 7.92. The summed E-state index contributed by atoms with van der Waals surface area (Å²) >= 11 is 5.87. The van der Waals surface area contributed by atoms with Gasteiger partial charge in [-0.05, 0) is 41.8 Å². The second-order valence-electron chi connectivity index (χ2n) is 5.86. The summed E-state index contributed by atoms with van der Waals surface area (Å²) in [6.45, 7) is 3.77. The first-order chi connectivity index (χ1) is 12.0. The van der Waals surface area contributed by atoms with Crippen molar-refractivity contribution in [3.05, 3.63) is 52.5 Å². The zero-order chi connectivity index (χ0) is 19.7. The number of rotatable bonds is 5. The highest BCUT2D eigenvalue weighted by molar-refractivity contribution is 7.92. The Morgan fingerprint density at radius 3 is 2.31 bits per heavy atom. The van der Waals surface area contributed by atoms with Gasteiger partial charge in [-0.15, -0.1) is 0 Å². The number of alkyl halides is 3. The molecule has 26 heavy (non-hydrogen) atoms. The van der Waals surface area contributed by atoms with E-state index in [-0.39, 0.29) is 27.3 Å². The average molecular weight is 408 g/mol. The van der Waals surface area contributed by atoms with Crippen LogP contribution in [-0.2, 0) is 16.2 Å². The van der Waals surface area contributed by atoms with Gasteiger partial charge in [-0.2, -0.15) is 13.2 Å². The summed E-state index contributed by atoms with van der Waals surface area (Å²) in [7, 11) is -2.92. The Balaban J connectivity index is 2.52. The number of sulfonamides is 1. The van der Waals surface area contributed by atoms with E-state index in [4.69, 9.17) is 16.3 Å². The quantitative estimate of drug-likeness (QED) is 0.732. The van der Waals surface area contributed by atoms with Gasteiger partial charge in [0.2, 0.25) is 0 Å². The van der Waals surface area contributed by atoms with E-state index < -0.39 is 21.8 Å². The highest BCUT2D eigenvalue weighted by atomic mass is 35.5. The first kappa shape index (κ1) is 20.4. The molecular formula is C17H17ClF3NO3S. The number of halogens is 4. The van der Waals surface area contributed by atoms with E-state index in [1.807, 2.05) is 13.8 Å². The van der Waals surface area contributed by atoms with Crippen LogP contribution in [0.4, 0.5) is 18.9 Å². The third-order valence-corrected chi connectivity index (χ3v) is 5.40. The van der Waals surface area contributed by atoms with Gasteiger partial charge < -0.3 is 4.74 Å². The molecule has 0 atom stereocenters. The maximum absolute atomic E-state index is 12.9. The lowest BCUT2D eigenvalue weighted by molar-refractivity contribution is -0.137. The smallest absolute Gasteiger partial charge is 0.416 e. The number of hydrogen-bond donors (Lipinski definition) is 1. The van der Waals surface area contributed by atoms with Crippen LogP contribution in [0.2, 0.25) is 5.02 Å². The Morgan fingerprint density at radius 1 is 1.12 bits per heavy atom. The van der Waals surface area contributed by atoms with Crippen molar-refractivity contribution in [1.82, 2.24) is 0 Å². The van der Waals surface area contributed by atoms with Gasteiger partial charge in [-0.3, -0.25) is 4.72 Å². The molecule has 0 saturated heterocycles. The van der Waals surface area contributed by atoms with Gasteiger partial charge in [-0.1, -0.05) is 31.5 Å². The fourth-order valence-corrected chi connectivity index (χ4v) is 3.74. The predicted octanol–water partition coefficient (Wildman–Crippen LogP) is 5.29. The molecule has 0 radical (unpaired) electrons. The third-order valence-electron chi connectivity index (χ3n) is 3.68. The molecule has 142 valence electrons. The Hall–Kier alpha value is -1.93. The van der Waals surface area contributed by atoms with Crippen molar-refractivity contribution >= 4 is 27.3 Å². The summed E-state index contributed by atoms with van der Waals surface area (Å²) in [4.78, 5) is -0.181. The molecule has 0 aliphatic heterocycles. The minimum absolute atomic E-state index is 0.0481. The van der Waals surface area contributed by atoms with Gasteiger partial charge in [0.25, 0.3) is 10.0 Å². The van der Waals surface area contributed by atoms with E-state index in [1.54, 1.807) is 6.07 Å². The molecule has 0 amide bonds. The van der Waals surface area contributed by atoms with Crippen molar-refractivity contribution in [2.75, 3.05) is 11.8 Å². The fraction of sp³-hybridized carbons (Fsp3) is 0.294. The fourth-order valence-electron chi connectivity index (χ4n) is 2.24. The van der Waals surface area contributed by atoms with E-state index in [0.29, 0.717) is 6.07 Å².